The molecule has 8 nitrogen and oxygen atoms in total. The number of nitrogens with one attached hydrogen (secondary N) is 2. The van der Waals surface area contributed by atoms with Gasteiger partial charge in [-0.1, -0.05) is 0 Å². The molecule has 2 aromatic heterocycles. The standard InChI is InChI=1S/C17H28N6O2/c1-12(15-10-23(17(3,4)5)21-13(15)2)20-14-8-19-22(9-14)11-16(25)18-6-7-24/h8-10,12,20,24H,6-7,11H2,1-5H3,(H,18,25). The van der Waals surface area contributed by atoms with Gasteiger partial charge in [0, 0.05) is 24.5 Å². The number of rotatable bonds is 7. The van der Waals surface area contributed by atoms with E-state index >= 15 is 0 Å². The van der Waals surface area contributed by atoms with Crippen LogP contribution in [0.5, 0.6) is 0 Å². The molecule has 0 bridgehead atoms. The minimum absolute atomic E-state index is 0.0600. The third-order valence-corrected chi connectivity index (χ3v) is 3.85. The van der Waals surface area contributed by atoms with Crippen LogP contribution in [0.2, 0.25) is 0 Å². The van der Waals surface area contributed by atoms with Crippen LogP contribution in [0.15, 0.2) is 18.6 Å². The Morgan fingerprint density at radius 3 is 2.68 bits per heavy atom. The fourth-order valence-corrected chi connectivity index (χ4v) is 2.49. The largest absolute Gasteiger partial charge is 0.395 e. The summed E-state index contributed by atoms with van der Waals surface area (Å²) in [6.45, 7) is 10.7. The third kappa shape index (κ3) is 5.06. The number of aliphatic hydroxyl groups is 1. The molecule has 2 aromatic rings. The van der Waals surface area contributed by atoms with Crippen LogP contribution in [0.4, 0.5) is 5.69 Å². The maximum Gasteiger partial charge on any atom is 0.241 e. The lowest BCUT2D eigenvalue weighted by Crippen LogP contribution is -2.30. The summed E-state index contributed by atoms with van der Waals surface area (Å²) >= 11 is 0. The van der Waals surface area contributed by atoms with Crippen molar-refractivity contribution in [2.45, 2.75) is 52.7 Å². The van der Waals surface area contributed by atoms with E-state index in [1.807, 2.05) is 11.6 Å². The molecular weight excluding hydrogens is 320 g/mol. The predicted octanol–water partition coefficient (Wildman–Crippen LogP) is 1.42. The van der Waals surface area contributed by atoms with E-state index in [2.05, 4.69) is 54.7 Å². The molecule has 0 saturated carbocycles. The number of carbonyl (C=O) groups is 1. The van der Waals surface area contributed by atoms with Gasteiger partial charge in [-0.3, -0.25) is 14.2 Å². The Hall–Kier alpha value is -2.35. The number of carbonyl (C=O) groups excluding carboxylic acids is 1. The molecule has 1 unspecified atom stereocenters. The van der Waals surface area contributed by atoms with E-state index in [1.54, 1.807) is 17.1 Å². The Balaban J connectivity index is 2.01. The summed E-state index contributed by atoms with van der Waals surface area (Å²) in [5.74, 6) is -0.181. The highest BCUT2D eigenvalue weighted by Gasteiger charge is 2.19. The van der Waals surface area contributed by atoms with E-state index in [9.17, 15) is 4.79 Å². The van der Waals surface area contributed by atoms with Crippen molar-refractivity contribution in [3.05, 3.63) is 29.8 Å². The van der Waals surface area contributed by atoms with Gasteiger partial charge in [-0.05, 0) is 34.6 Å². The van der Waals surface area contributed by atoms with Gasteiger partial charge < -0.3 is 15.7 Å². The van der Waals surface area contributed by atoms with Crippen molar-refractivity contribution < 1.29 is 9.90 Å². The molecule has 0 aliphatic rings. The van der Waals surface area contributed by atoms with E-state index < -0.39 is 0 Å². The van der Waals surface area contributed by atoms with Crippen LogP contribution in [0.1, 0.15) is 45.0 Å². The number of aliphatic hydroxyl groups excluding tert-OH is 1. The van der Waals surface area contributed by atoms with E-state index in [4.69, 9.17) is 5.11 Å². The fraction of sp³-hybridized carbons (Fsp3) is 0.588. The Morgan fingerprint density at radius 1 is 1.36 bits per heavy atom. The van der Waals surface area contributed by atoms with Gasteiger partial charge in [0.25, 0.3) is 0 Å². The van der Waals surface area contributed by atoms with Crippen molar-refractivity contribution in [1.29, 1.82) is 0 Å². The SMILES string of the molecule is Cc1nn(C(C)(C)C)cc1C(C)Nc1cnn(CC(=O)NCCO)c1. The number of aromatic nitrogens is 4. The average Bonchev–Trinajstić information content (AvgIpc) is 3.11. The Morgan fingerprint density at radius 2 is 2.08 bits per heavy atom. The van der Waals surface area contributed by atoms with Crippen LogP contribution >= 0.6 is 0 Å². The molecular formula is C17H28N6O2. The quantitative estimate of drug-likeness (QED) is 0.703. The van der Waals surface area contributed by atoms with Crippen LogP contribution in [0.25, 0.3) is 0 Å². The van der Waals surface area contributed by atoms with Crippen molar-refractivity contribution in [2.24, 2.45) is 0 Å². The number of nitrogens with zero attached hydrogens (tertiary/aromatic N) is 4. The van der Waals surface area contributed by atoms with E-state index in [-0.39, 0.29) is 37.2 Å². The number of anilines is 1. The van der Waals surface area contributed by atoms with Gasteiger partial charge in [0.15, 0.2) is 0 Å². The second-order valence-corrected chi connectivity index (χ2v) is 7.15. The molecule has 0 spiro atoms. The monoisotopic (exact) mass is 348 g/mol. The number of amides is 1. The number of hydrogen-bond acceptors (Lipinski definition) is 5. The maximum absolute atomic E-state index is 11.7. The zero-order valence-electron chi connectivity index (χ0n) is 15.6. The molecule has 25 heavy (non-hydrogen) atoms. The lowest BCUT2D eigenvalue weighted by molar-refractivity contribution is -0.122. The second kappa shape index (κ2) is 7.69. The molecule has 0 aliphatic heterocycles. The van der Waals surface area contributed by atoms with Crippen molar-refractivity contribution in [1.82, 2.24) is 24.9 Å². The molecule has 3 N–H and O–H groups in total. The van der Waals surface area contributed by atoms with E-state index in [1.165, 1.54) is 0 Å². The zero-order valence-corrected chi connectivity index (χ0v) is 15.6. The van der Waals surface area contributed by atoms with Crippen LogP contribution < -0.4 is 10.6 Å². The summed E-state index contributed by atoms with van der Waals surface area (Å²) in [4.78, 5) is 11.7. The predicted molar refractivity (Wildman–Crippen MR) is 96.3 cm³/mol. The minimum atomic E-state index is -0.181. The molecule has 2 rings (SSSR count). The molecule has 138 valence electrons. The van der Waals surface area contributed by atoms with Gasteiger partial charge in [-0.2, -0.15) is 10.2 Å². The van der Waals surface area contributed by atoms with Gasteiger partial charge in [-0.15, -0.1) is 0 Å². The minimum Gasteiger partial charge on any atom is -0.395 e. The molecule has 1 amide bonds. The first kappa shape index (κ1) is 19.0. The first-order valence-corrected chi connectivity index (χ1v) is 8.44. The van der Waals surface area contributed by atoms with Crippen molar-refractivity contribution >= 4 is 11.6 Å². The van der Waals surface area contributed by atoms with Crippen LogP contribution in [0.3, 0.4) is 0 Å². The average molecular weight is 348 g/mol. The summed E-state index contributed by atoms with van der Waals surface area (Å²) in [5, 5.41) is 23.5. The van der Waals surface area contributed by atoms with Crippen LogP contribution in [0, 0.1) is 6.92 Å². The Kier molecular flexibility index (Phi) is 5.84. The molecule has 8 heteroatoms. The highest BCUT2D eigenvalue weighted by Crippen LogP contribution is 2.24. The molecule has 1 atom stereocenters. The molecule has 0 aromatic carbocycles. The fourth-order valence-electron chi connectivity index (χ4n) is 2.49. The highest BCUT2D eigenvalue weighted by molar-refractivity contribution is 5.75. The summed E-state index contributed by atoms with van der Waals surface area (Å²) in [7, 11) is 0. The van der Waals surface area contributed by atoms with Gasteiger partial charge in [0.1, 0.15) is 6.54 Å². The van der Waals surface area contributed by atoms with Crippen molar-refractivity contribution in [3.8, 4) is 0 Å². The third-order valence-electron chi connectivity index (χ3n) is 3.85. The van der Waals surface area contributed by atoms with Gasteiger partial charge >= 0.3 is 0 Å². The summed E-state index contributed by atoms with van der Waals surface area (Å²) < 4.78 is 3.54. The van der Waals surface area contributed by atoms with Crippen LogP contribution in [-0.2, 0) is 16.9 Å². The van der Waals surface area contributed by atoms with E-state index in [0.29, 0.717) is 0 Å². The lowest BCUT2D eigenvalue weighted by Gasteiger charge is -2.19. The summed E-state index contributed by atoms with van der Waals surface area (Å²) in [6.07, 6.45) is 5.55. The smallest absolute Gasteiger partial charge is 0.241 e. The summed E-state index contributed by atoms with van der Waals surface area (Å²) in [6, 6.07) is 0.0666. The first-order valence-electron chi connectivity index (χ1n) is 8.44. The highest BCUT2D eigenvalue weighted by atomic mass is 16.3. The Labute approximate surface area is 148 Å². The normalized spacial score (nSPS) is 12.9. The topological polar surface area (TPSA) is 97.0 Å². The molecule has 0 radical (unpaired) electrons. The zero-order chi connectivity index (χ0) is 18.6. The van der Waals surface area contributed by atoms with Gasteiger partial charge in [-0.25, -0.2) is 0 Å². The number of aryl methyl sites for hydroxylation is 1. The van der Waals surface area contributed by atoms with Crippen LogP contribution in [-0.4, -0.2) is 43.7 Å². The summed E-state index contributed by atoms with van der Waals surface area (Å²) in [5.41, 5.74) is 2.90. The molecule has 2 heterocycles. The van der Waals surface area contributed by atoms with E-state index in [0.717, 1.165) is 16.9 Å². The van der Waals surface area contributed by atoms with Gasteiger partial charge in [0.05, 0.1) is 35.8 Å². The Bertz CT molecular complexity index is 713. The maximum atomic E-state index is 11.7. The molecule has 0 fully saturated rings. The van der Waals surface area contributed by atoms with Gasteiger partial charge in [0.2, 0.25) is 5.91 Å². The first-order chi connectivity index (χ1) is 11.7. The number of hydrogen-bond donors (Lipinski definition) is 3. The lowest BCUT2D eigenvalue weighted by atomic mass is 10.1. The van der Waals surface area contributed by atoms with Crippen molar-refractivity contribution in [3.63, 3.8) is 0 Å². The second-order valence-electron chi connectivity index (χ2n) is 7.15. The molecule has 0 saturated heterocycles. The molecule has 0 aliphatic carbocycles. The van der Waals surface area contributed by atoms with Crippen molar-refractivity contribution in [2.75, 3.05) is 18.5 Å².